The molecule has 0 radical (unpaired) electrons. The van der Waals surface area contributed by atoms with Crippen LogP contribution in [0.3, 0.4) is 0 Å². The minimum atomic E-state index is -0.150. The lowest BCUT2D eigenvalue weighted by Gasteiger charge is -2.29. The van der Waals surface area contributed by atoms with Crippen molar-refractivity contribution in [3.05, 3.63) is 42.1 Å². The fourth-order valence-corrected chi connectivity index (χ4v) is 3.10. The predicted octanol–water partition coefficient (Wildman–Crippen LogP) is 1.73. The van der Waals surface area contributed by atoms with Gasteiger partial charge in [-0.15, -0.1) is 0 Å². The molecule has 1 aromatic carbocycles. The summed E-state index contributed by atoms with van der Waals surface area (Å²) in [6.07, 6.45) is 3.83. The Balaban J connectivity index is 1.76. The van der Waals surface area contributed by atoms with Crippen LogP contribution in [0.2, 0.25) is 0 Å². The number of hydrogen-bond acceptors (Lipinski definition) is 4. The van der Waals surface area contributed by atoms with Crippen LogP contribution in [-0.2, 0) is 4.74 Å². The molecule has 1 unspecified atom stereocenters. The number of aromatic nitrogens is 1. The van der Waals surface area contributed by atoms with Gasteiger partial charge in [-0.1, -0.05) is 18.2 Å². The minimum absolute atomic E-state index is 0.0894. The maximum atomic E-state index is 12.5. The van der Waals surface area contributed by atoms with Crippen molar-refractivity contribution in [1.29, 1.82) is 0 Å². The van der Waals surface area contributed by atoms with Gasteiger partial charge in [-0.25, -0.2) is 0 Å². The van der Waals surface area contributed by atoms with Gasteiger partial charge in [0, 0.05) is 25.2 Å². The monoisotopic (exact) mass is 299 g/mol. The topological polar surface area (TPSA) is 63.2 Å². The largest absolute Gasteiger partial charge is 0.383 e. The van der Waals surface area contributed by atoms with Crippen LogP contribution >= 0.6 is 0 Å². The van der Waals surface area contributed by atoms with E-state index in [1.807, 2.05) is 30.3 Å². The zero-order chi connectivity index (χ0) is 15.4. The third-order valence-electron chi connectivity index (χ3n) is 4.22. The molecule has 5 nitrogen and oxygen atoms in total. The number of nitrogens with zero attached hydrogens (tertiary/aromatic N) is 1. The Hall–Kier alpha value is -1.98. The number of pyridine rings is 1. The summed E-state index contributed by atoms with van der Waals surface area (Å²) in [7, 11) is 1.69. The molecule has 0 saturated carbocycles. The number of nitrogens with one attached hydrogen (secondary N) is 2. The van der Waals surface area contributed by atoms with E-state index in [9.17, 15) is 4.79 Å². The first kappa shape index (κ1) is 14.9. The summed E-state index contributed by atoms with van der Waals surface area (Å²) < 4.78 is 5.31. The molecule has 1 aromatic heterocycles. The van der Waals surface area contributed by atoms with Crippen LogP contribution in [0.1, 0.15) is 23.2 Å². The van der Waals surface area contributed by atoms with E-state index in [1.165, 1.54) is 0 Å². The molecule has 2 heterocycles. The highest BCUT2D eigenvalue weighted by Crippen LogP contribution is 2.20. The maximum absolute atomic E-state index is 12.5. The Kier molecular flexibility index (Phi) is 4.36. The molecule has 1 saturated heterocycles. The van der Waals surface area contributed by atoms with Gasteiger partial charge in [0.1, 0.15) is 0 Å². The molecule has 3 rings (SSSR count). The summed E-state index contributed by atoms with van der Waals surface area (Å²) in [5.74, 6) is -0.0894. The highest BCUT2D eigenvalue weighted by Gasteiger charge is 2.33. The standard InChI is InChI=1S/C17H21N3O2/c1-22-12-17(8-4-10-20-17)11-19-16(21)14-7-2-5-13-6-3-9-18-15(13)14/h2-3,5-7,9,20H,4,8,10-12H2,1H3,(H,19,21). The number of benzene rings is 1. The van der Waals surface area contributed by atoms with Crippen LogP contribution in [0.5, 0.6) is 0 Å². The van der Waals surface area contributed by atoms with E-state index in [-0.39, 0.29) is 11.4 Å². The van der Waals surface area contributed by atoms with Gasteiger partial charge in [-0.3, -0.25) is 9.78 Å². The molecule has 116 valence electrons. The van der Waals surface area contributed by atoms with Gasteiger partial charge in [0.25, 0.3) is 5.91 Å². The summed E-state index contributed by atoms with van der Waals surface area (Å²) >= 11 is 0. The maximum Gasteiger partial charge on any atom is 0.253 e. The fourth-order valence-electron chi connectivity index (χ4n) is 3.10. The first-order valence-electron chi connectivity index (χ1n) is 7.60. The van der Waals surface area contributed by atoms with E-state index < -0.39 is 0 Å². The second-order valence-electron chi connectivity index (χ2n) is 5.81. The molecule has 5 heteroatoms. The van der Waals surface area contributed by atoms with Gasteiger partial charge in [-0.05, 0) is 31.5 Å². The summed E-state index contributed by atoms with van der Waals surface area (Å²) in [5.41, 5.74) is 1.20. The second-order valence-corrected chi connectivity index (χ2v) is 5.81. The lowest BCUT2D eigenvalue weighted by molar-refractivity contribution is 0.0893. The molecular formula is C17H21N3O2. The van der Waals surface area contributed by atoms with Crippen molar-refractivity contribution in [2.45, 2.75) is 18.4 Å². The average molecular weight is 299 g/mol. The number of hydrogen-bond donors (Lipinski definition) is 2. The summed E-state index contributed by atoms with van der Waals surface area (Å²) in [6.45, 7) is 2.12. The molecule has 1 amide bonds. The summed E-state index contributed by atoms with van der Waals surface area (Å²) in [5, 5.41) is 7.47. The molecule has 0 spiro atoms. The number of rotatable bonds is 5. The minimum Gasteiger partial charge on any atom is -0.383 e. The van der Waals surface area contributed by atoms with Crippen molar-refractivity contribution in [1.82, 2.24) is 15.6 Å². The van der Waals surface area contributed by atoms with E-state index >= 15 is 0 Å². The Morgan fingerprint density at radius 2 is 2.27 bits per heavy atom. The Morgan fingerprint density at radius 3 is 3.05 bits per heavy atom. The van der Waals surface area contributed by atoms with Crippen molar-refractivity contribution in [3.63, 3.8) is 0 Å². The molecule has 1 fully saturated rings. The van der Waals surface area contributed by atoms with Crippen LogP contribution in [0.15, 0.2) is 36.5 Å². The zero-order valence-electron chi connectivity index (χ0n) is 12.8. The number of carbonyl (C=O) groups is 1. The number of carbonyl (C=O) groups excluding carboxylic acids is 1. The Labute approximate surface area is 130 Å². The SMILES string of the molecule is COCC1(CNC(=O)c2cccc3cccnc23)CCCN1. The molecule has 1 atom stereocenters. The van der Waals surface area contributed by atoms with E-state index in [0.29, 0.717) is 18.7 Å². The van der Waals surface area contributed by atoms with E-state index in [0.717, 1.165) is 30.3 Å². The highest BCUT2D eigenvalue weighted by atomic mass is 16.5. The molecular weight excluding hydrogens is 278 g/mol. The number of ether oxygens (including phenoxy) is 1. The van der Waals surface area contributed by atoms with E-state index in [1.54, 1.807) is 13.3 Å². The van der Waals surface area contributed by atoms with Gasteiger partial charge in [0.05, 0.1) is 23.2 Å². The lowest BCUT2D eigenvalue weighted by atomic mass is 9.98. The molecule has 1 aliphatic rings. The molecule has 2 aromatic rings. The van der Waals surface area contributed by atoms with Gasteiger partial charge in [0.15, 0.2) is 0 Å². The summed E-state index contributed by atoms with van der Waals surface area (Å²) in [4.78, 5) is 16.9. The van der Waals surface area contributed by atoms with Crippen molar-refractivity contribution >= 4 is 16.8 Å². The molecule has 0 bridgehead atoms. The number of amides is 1. The number of fused-ring (bicyclic) bond motifs is 1. The van der Waals surface area contributed by atoms with Crippen LogP contribution in [0.25, 0.3) is 10.9 Å². The quantitative estimate of drug-likeness (QED) is 0.882. The fraction of sp³-hybridized carbons (Fsp3) is 0.412. The van der Waals surface area contributed by atoms with E-state index in [2.05, 4.69) is 15.6 Å². The molecule has 22 heavy (non-hydrogen) atoms. The van der Waals surface area contributed by atoms with Crippen molar-refractivity contribution < 1.29 is 9.53 Å². The molecule has 2 N–H and O–H groups in total. The van der Waals surface area contributed by atoms with Crippen LogP contribution in [0, 0.1) is 0 Å². The summed E-state index contributed by atoms with van der Waals surface area (Å²) in [6, 6.07) is 9.50. The first-order chi connectivity index (χ1) is 10.7. The zero-order valence-corrected chi connectivity index (χ0v) is 12.8. The second kappa shape index (κ2) is 6.42. The number of methoxy groups -OCH3 is 1. The van der Waals surface area contributed by atoms with Crippen LogP contribution < -0.4 is 10.6 Å². The first-order valence-corrected chi connectivity index (χ1v) is 7.60. The Bertz CT molecular complexity index is 661. The molecule has 0 aliphatic carbocycles. The van der Waals surface area contributed by atoms with Crippen LogP contribution in [0.4, 0.5) is 0 Å². The Morgan fingerprint density at radius 1 is 1.41 bits per heavy atom. The smallest absolute Gasteiger partial charge is 0.253 e. The third-order valence-corrected chi connectivity index (χ3v) is 4.22. The van der Waals surface area contributed by atoms with E-state index in [4.69, 9.17) is 4.74 Å². The lowest BCUT2D eigenvalue weighted by Crippen LogP contribution is -2.53. The van der Waals surface area contributed by atoms with Crippen molar-refractivity contribution in [2.24, 2.45) is 0 Å². The van der Waals surface area contributed by atoms with Crippen molar-refractivity contribution in [2.75, 3.05) is 26.8 Å². The van der Waals surface area contributed by atoms with Gasteiger partial charge in [-0.2, -0.15) is 0 Å². The van der Waals surface area contributed by atoms with Gasteiger partial charge < -0.3 is 15.4 Å². The van der Waals surface area contributed by atoms with Gasteiger partial charge in [0.2, 0.25) is 0 Å². The number of para-hydroxylation sites is 1. The van der Waals surface area contributed by atoms with Gasteiger partial charge >= 0.3 is 0 Å². The highest BCUT2D eigenvalue weighted by molar-refractivity contribution is 6.05. The predicted molar refractivity (Wildman–Crippen MR) is 85.9 cm³/mol. The third kappa shape index (κ3) is 2.96. The molecule has 1 aliphatic heterocycles. The van der Waals surface area contributed by atoms with Crippen LogP contribution in [-0.4, -0.2) is 43.2 Å². The average Bonchev–Trinajstić information content (AvgIpc) is 3.01. The normalized spacial score (nSPS) is 21.1. The van der Waals surface area contributed by atoms with Crippen molar-refractivity contribution in [3.8, 4) is 0 Å².